The van der Waals surface area contributed by atoms with Crippen molar-refractivity contribution in [2.75, 3.05) is 7.11 Å². The molecule has 0 saturated heterocycles. The van der Waals surface area contributed by atoms with Gasteiger partial charge in [0.25, 0.3) is 0 Å². The highest BCUT2D eigenvalue weighted by molar-refractivity contribution is 5.71. The van der Waals surface area contributed by atoms with Gasteiger partial charge in [-0.1, -0.05) is 39.7 Å². The summed E-state index contributed by atoms with van der Waals surface area (Å²) in [4.78, 5) is 11.3. The van der Waals surface area contributed by atoms with Gasteiger partial charge in [-0.2, -0.15) is 0 Å². The van der Waals surface area contributed by atoms with Crippen LogP contribution in [0.2, 0.25) is 0 Å². The number of ether oxygens (including phenoxy) is 1. The average Bonchev–Trinajstić information content (AvgIpc) is 2.33. The van der Waals surface area contributed by atoms with Crippen molar-refractivity contribution in [1.29, 1.82) is 0 Å². The van der Waals surface area contributed by atoms with E-state index < -0.39 is 0 Å². The lowest BCUT2D eigenvalue weighted by atomic mass is 9.87. The Morgan fingerprint density at radius 3 is 2.39 bits per heavy atom. The first-order chi connectivity index (χ1) is 8.51. The Balaban J connectivity index is 3.75. The average molecular weight is 254 g/mol. The molecule has 2 heteroatoms. The maximum Gasteiger partial charge on any atom is 0.308 e. The van der Waals surface area contributed by atoms with Gasteiger partial charge in [-0.15, -0.1) is 6.58 Å². The Labute approximate surface area is 113 Å². The van der Waals surface area contributed by atoms with Crippen molar-refractivity contribution in [2.24, 2.45) is 17.8 Å². The van der Waals surface area contributed by atoms with E-state index in [9.17, 15) is 4.79 Å². The number of esters is 1. The Morgan fingerprint density at radius 2 is 1.83 bits per heavy atom. The summed E-state index contributed by atoms with van der Waals surface area (Å²) in [6.45, 7) is 10.2. The van der Waals surface area contributed by atoms with Gasteiger partial charge in [-0.25, -0.2) is 0 Å². The molecule has 18 heavy (non-hydrogen) atoms. The molecule has 0 radical (unpaired) electrons. The molecule has 3 atom stereocenters. The predicted octanol–water partition coefficient (Wildman–Crippen LogP) is 4.59. The van der Waals surface area contributed by atoms with E-state index in [1.54, 1.807) is 0 Å². The summed E-state index contributed by atoms with van der Waals surface area (Å²) in [6, 6.07) is 0. The highest BCUT2D eigenvalue weighted by atomic mass is 16.5. The molecular weight excluding hydrogens is 224 g/mol. The zero-order chi connectivity index (χ0) is 14.0. The first kappa shape index (κ1) is 17.2. The quantitative estimate of drug-likeness (QED) is 0.324. The van der Waals surface area contributed by atoms with Gasteiger partial charge in [-0.3, -0.25) is 4.79 Å². The predicted molar refractivity (Wildman–Crippen MR) is 77.4 cm³/mol. The first-order valence-corrected chi connectivity index (χ1v) is 7.19. The number of hydrogen-bond acceptors (Lipinski definition) is 2. The minimum Gasteiger partial charge on any atom is -0.469 e. The van der Waals surface area contributed by atoms with Gasteiger partial charge in [0.05, 0.1) is 13.0 Å². The summed E-state index contributed by atoms with van der Waals surface area (Å²) >= 11 is 0. The maximum atomic E-state index is 11.3. The van der Waals surface area contributed by atoms with Gasteiger partial charge in [-0.05, 0) is 37.5 Å². The fraction of sp³-hybridized carbons (Fsp3) is 0.812. The molecule has 0 N–H and O–H groups in total. The number of carbonyl (C=O) groups is 1. The second-order valence-corrected chi connectivity index (χ2v) is 5.68. The number of rotatable bonds is 10. The first-order valence-electron chi connectivity index (χ1n) is 7.19. The van der Waals surface area contributed by atoms with Crippen LogP contribution in [-0.2, 0) is 9.53 Å². The standard InChI is InChI=1S/C16H30O2/c1-6-7-8-9-10-13(2)11-14(3)12-15(4)16(17)18-5/h6,13-15H,1,7-12H2,2-5H3/t13-,14-,15+/m1/s1. The third kappa shape index (κ3) is 8.32. The third-order valence-electron chi connectivity index (χ3n) is 3.52. The molecular formula is C16H30O2. The highest BCUT2D eigenvalue weighted by Crippen LogP contribution is 2.23. The SMILES string of the molecule is C=CCCCC[C@@H](C)C[C@@H](C)C[C@H](C)C(=O)OC. The number of methoxy groups -OCH3 is 1. The second kappa shape index (κ2) is 10.2. The van der Waals surface area contributed by atoms with Gasteiger partial charge < -0.3 is 4.74 Å². The Bertz CT molecular complexity index is 235. The summed E-state index contributed by atoms with van der Waals surface area (Å²) in [6.07, 6.45) is 9.07. The van der Waals surface area contributed by atoms with E-state index in [0.717, 1.165) is 18.8 Å². The molecule has 0 fully saturated rings. The number of carbonyl (C=O) groups excluding carboxylic acids is 1. The summed E-state index contributed by atoms with van der Waals surface area (Å²) in [5.41, 5.74) is 0. The van der Waals surface area contributed by atoms with E-state index >= 15 is 0 Å². The molecule has 106 valence electrons. The summed E-state index contributed by atoms with van der Waals surface area (Å²) in [5.74, 6) is 1.28. The van der Waals surface area contributed by atoms with Gasteiger partial charge in [0.1, 0.15) is 0 Å². The van der Waals surface area contributed by atoms with Crippen LogP contribution in [0.25, 0.3) is 0 Å². The monoisotopic (exact) mass is 254 g/mol. The van der Waals surface area contributed by atoms with E-state index in [0.29, 0.717) is 5.92 Å². The fourth-order valence-corrected chi connectivity index (χ4v) is 2.58. The van der Waals surface area contributed by atoms with E-state index in [-0.39, 0.29) is 11.9 Å². The van der Waals surface area contributed by atoms with Crippen LogP contribution in [0, 0.1) is 17.8 Å². The number of unbranched alkanes of at least 4 members (excludes halogenated alkanes) is 2. The Kier molecular flexibility index (Phi) is 9.72. The second-order valence-electron chi connectivity index (χ2n) is 5.68. The number of allylic oxidation sites excluding steroid dienone is 1. The molecule has 0 bridgehead atoms. The van der Waals surface area contributed by atoms with Crippen molar-refractivity contribution >= 4 is 5.97 Å². The highest BCUT2D eigenvalue weighted by Gasteiger charge is 2.18. The van der Waals surface area contributed by atoms with Gasteiger partial charge in [0.2, 0.25) is 0 Å². The van der Waals surface area contributed by atoms with Crippen LogP contribution >= 0.6 is 0 Å². The van der Waals surface area contributed by atoms with E-state index in [1.165, 1.54) is 32.8 Å². The lowest BCUT2D eigenvalue weighted by Gasteiger charge is -2.19. The van der Waals surface area contributed by atoms with E-state index in [4.69, 9.17) is 4.74 Å². The van der Waals surface area contributed by atoms with Gasteiger partial charge >= 0.3 is 5.97 Å². The van der Waals surface area contributed by atoms with Gasteiger partial charge in [0.15, 0.2) is 0 Å². The summed E-state index contributed by atoms with van der Waals surface area (Å²) in [7, 11) is 1.46. The normalized spacial score (nSPS) is 15.8. The molecule has 0 rings (SSSR count). The minimum absolute atomic E-state index is 0.0259. The van der Waals surface area contributed by atoms with Crippen LogP contribution in [0.15, 0.2) is 12.7 Å². The molecule has 0 aliphatic rings. The van der Waals surface area contributed by atoms with Crippen LogP contribution in [0.1, 0.15) is 59.3 Å². The van der Waals surface area contributed by atoms with Crippen molar-refractivity contribution in [3.63, 3.8) is 0 Å². The molecule has 0 heterocycles. The van der Waals surface area contributed by atoms with E-state index in [1.807, 2.05) is 13.0 Å². The lowest BCUT2D eigenvalue weighted by molar-refractivity contribution is -0.145. The van der Waals surface area contributed by atoms with E-state index in [2.05, 4.69) is 20.4 Å². The van der Waals surface area contributed by atoms with Gasteiger partial charge in [0, 0.05) is 0 Å². The molecule has 0 aromatic rings. The van der Waals surface area contributed by atoms with Crippen molar-refractivity contribution in [3.05, 3.63) is 12.7 Å². The van der Waals surface area contributed by atoms with Crippen molar-refractivity contribution < 1.29 is 9.53 Å². The van der Waals surface area contributed by atoms with Crippen LogP contribution in [-0.4, -0.2) is 13.1 Å². The summed E-state index contributed by atoms with van der Waals surface area (Å²) in [5, 5.41) is 0. The minimum atomic E-state index is -0.0829. The summed E-state index contributed by atoms with van der Waals surface area (Å²) < 4.78 is 4.76. The zero-order valence-electron chi connectivity index (χ0n) is 12.6. The lowest BCUT2D eigenvalue weighted by Crippen LogP contribution is -2.16. The molecule has 0 spiro atoms. The van der Waals surface area contributed by atoms with Crippen molar-refractivity contribution in [2.45, 2.75) is 59.3 Å². The van der Waals surface area contributed by atoms with Crippen LogP contribution in [0.3, 0.4) is 0 Å². The molecule has 0 aliphatic carbocycles. The molecule has 0 unspecified atom stereocenters. The van der Waals surface area contributed by atoms with Crippen molar-refractivity contribution in [1.82, 2.24) is 0 Å². The van der Waals surface area contributed by atoms with Crippen LogP contribution in [0.5, 0.6) is 0 Å². The molecule has 0 saturated carbocycles. The molecule has 0 aromatic carbocycles. The smallest absolute Gasteiger partial charge is 0.308 e. The fourth-order valence-electron chi connectivity index (χ4n) is 2.58. The third-order valence-corrected chi connectivity index (χ3v) is 3.52. The Morgan fingerprint density at radius 1 is 1.17 bits per heavy atom. The largest absolute Gasteiger partial charge is 0.469 e. The van der Waals surface area contributed by atoms with Crippen molar-refractivity contribution in [3.8, 4) is 0 Å². The zero-order valence-corrected chi connectivity index (χ0v) is 12.6. The molecule has 0 aliphatic heterocycles. The topological polar surface area (TPSA) is 26.3 Å². The maximum absolute atomic E-state index is 11.3. The molecule has 2 nitrogen and oxygen atoms in total. The van der Waals surface area contributed by atoms with Crippen LogP contribution in [0.4, 0.5) is 0 Å². The number of hydrogen-bond donors (Lipinski definition) is 0. The Hall–Kier alpha value is -0.790. The van der Waals surface area contributed by atoms with Crippen LogP contribution < -0.4 is 0 Å². The molecule has 0 amide bonds. The molecule has 0 aromatic heterocycles.